The predicted molar refractivity (Wildman–Crippen MR) is 90.0 cm³/mol. The van der Waals surface area contributed by atoms with Crippen molar-refractivity contribution in [2.24, 2.45) is 0 Å². The van der Waals surface area contributed by atoms with Crippen molar-refractivity contribution >= 4 is 5.97 Å². The largest absolute Gasteiger partial charge is 0.497 e. The van der Waals surface area contributed by atoms with Gasteiger partial charge in [-0.15, -0.1) is 0 Å². The van der Waals surface area contributed by atoms with Gasteiger partial charge in [0.1, 0.15) is 11.5 Å². The molecule has 1 aliphatic rings. The van der Waals surface area contributed by atoms with E-state index in [1.807, 2.05) is 24.3 Å². The fraction of sp³-hybridized carbons (Fsp3) is 0.350. The van der Waals surface area contributed by atoms with E-state index in [9.17, 15) is 4.79 Å². The molecule has 1 saturated carbocycles. The Labute approximate surface area is 157 Å². The number of benzene rings is 2. The SMILES string of the molecule is COc1ccc(C2(c3ccc(OC(C)=O)cc3)CCCC2)cc1.[W]. The molecule has 0 amide bonds. The summed E-state index contributed by atoms with van der Waals surface area (Å²) in [6.07, 6.45) is 4.76. The van der Waals surface area contributed by atoms with E-state index in [1.54, 1.807) is 7.11 Å². The van der Waals surface area contributed by atoms with Crippen LogP contribution in [0.2, 0.25) is 0 Å². The molecule has 1 fully saturated rings. The molecule has 1 aliphatic carbocycles. The van der Waals surface area contributed by atoms with Gasteiger partial charge in [0, 0.05) is 33.4 Å². The molecule has 0 aliphatic heterocycles. The van der Waals surface area contributed by atoms with Gasteiger partial charge < -0.3 is 9.47 Å². The van der Waals surface area contributed by atoms with Crippen LogP contribution in [0.4, 0.5) is 0 Å². The van der Waals surface area contributed by atoms with Crippen LogP contribution in [0.1, 0.15) is 43.7 Å². The molecule has 0 aromatic heterocycles. The molecule has 0 saturated heterocycles. The Morgan fingerprint density at radius 1 is 0.875 bits per heavy atom. The third-order valence-corrected chi connectivity index (χ3v) is 4.77. The fourth-order valence-electron chi connectivity index (χ4n) is 3.64. The Kier molecular flexibility index (Phi) is 6.23. The standard InChI is InChI=1S/C20H22O3.W/c1-15(21)23-19-11-7-17(8-12-19)20(13-3-4-14-20)16-5-9-18(22-2)10-6-16;/h5-12H,3-4,13-14H2,1-2H3;. The number of methoxy groups -OCH3 is 1. The maximum atomic E-state index is 11.1. The normalized spacial score (nSPS) is 15.4. The summed E-state index contributed by atoms with van der Waals surface area (Å²) in [7, 11) is 1.69. The van der Waals surface area contributed by atoms with E-state index in [0.717, 1.165) is 18.6 Å². The van der Waals surface area contributed by atoms with Crippen LogP contribution in [0.15, 0.2) is 48.5 Å². The van der Waals surface area contributed by atoms with Gasteiger partial charge >= 0.3 is 5.97 Å². The maximum absolute atomic E-state index is 11.1. The van der Waals surface area contributed by atoms with E-state index in [1.165, 1.54) is 30.9 Å². The summed E-state index contributed by atoms with van der Waals surface area (Å²) in [5.41, 5.74) is 2.67. The van der Waals surface area contributed by atoms with Gasteiger partial charge in [0.15, 0.2) is 0 Å². The first-order valence-corrected chi connectivity index (χ1v) is 8.07. The van der Waals surface area contributed by atoms with Gasteiger partial charge in [-0.05, 0) is 48.2 Å². The molecule has 0 radical (unpaired) electrons. The number of hydrogen-bond acceptors (Lipinski definition) is 3. The van der Waals surface area contributed by atoms with Gasteiger partial charge in [0.25, 0.3) is 0 Å². The summed E-state index contributed by atoms with van der Waals surface area (Å²) in [6.45, 7) is 1.42. The summed E-state index contributed by atoms with van der Waals surface area (Å²) in [6, 6.07) is 16.4. The quantitative estimate of drug-likeness (QED) is 0.465. The monoisotopic (exact) mass is 494 g/mol. The van der Waals surface area contributed by atoms with E-state index in [4.69, 9.17) is 9.47 Å². The van der Waals surface area contributed by atoms with Gasteiger partial charge in [-0.3, -0.25) is 4.79 Å². The van der Waals surface area contributed by atoms with Crippen LogP contribution < -0.4 is 9.47 Å². The Morgan fingerprint density at radius 3 is 1.75 bits per heavy atom. The number of esters is 1. The number of carbonyl (C=O) groups is 1. The predicted octanol–water partition coefficient (Wildman–Crippen LogP) is 4.48. The first kappa shape index (κ1) is 18.7. The second-order valence-electron chi connectivity index (χ2n) is 6.14. The molecule has 2 aromatic rings. The molecule has 2 aromatic carbocycles. The van der Waals surface area contributed by atoms with Gasteiger partial charge in [-0.1, -0.05) is 37.1 Å². The van der Waals surface area contributed by atoms with Gasteiger partial charge in [-0.25, -0.2) is 0 Å². The van der Waals surface area contributed by atoms with Crippen LogP contribution in [0, 0.1) is 0 Å². The Balaban J connectivity index is 0.00000208. The Morgan fingerprint density at radius 2 is 1.33 bits per heavy atom. The van der Waals surface area contributed by atoms with Gasteiger partial charge in [-0.2, -0.15) is 0 Å². The van der Waals surface area contributed by atoms with Crippen molar-refractivity contribution in [3.63, 3.8) is 0 Å². The molecule has 0 spiro atoms. The van der Waals surface area contributed by atoms with Crippen molar-refractivity contribution < 1.29 is 35.3 Å². The summed E-state index contributed by atoms with van der Waals surface area (Å²) in [5.74, 6) is 1.19. The van der Waals surface area contributed by atoms with Crippen molar-refractivity contribution in [2.45, 2.75) is 38.0 Å². The van der Waals surface area contributed by atoms with Crippen LogP contribution in [-0.4, -0.2) is 13.1 Å². The molecule has 0 N–H and O–H groups in total. The van der Waals surface area contributed by atoms with Gasteiger partial charge in [0.05, 0.1) is 7.11 Å². The van der Waals surface area contributed by atoms with Crippen LogP contribution in [0.5, 0.6) is 11.5 Å². The molecule has 3 rings (SSSR count). The molecule has 0 atom stereocenters. The summed E-state index contributed by atoms with van der Waals surface area (Å²) < 4.78 is 10.4. The Hall–Kier alpha value is -1.60. The minimum absolute atomic E-state index is 0. The van der Waals surface area contributed by atoms with Crippen molar-refractivity contribution in [2.75, 3.05) is 7.11 Å². The number of hydrogen-bond donors (Lipinski definition) is 0. The molecular weight excluding hydrogens is 472 g/mol. The van der Waals surface area contributed by atoms with Crippen LogP contribution in [-0.2, 0) is 31.3 Å². The minimum atomic E-state index is -0.288. The van der Waals surface area contributed by atoms with Crippen molar-refractivity contribution in [1.29, 1.82) is 0 Å². The minimum Gasteiger partial charge on any atom is -0.497 e. The van der Waals surface area contributed by atoms with Crippen molar-refractivity contribution in [3.05, 3.63) is 59.7 Å². The van der Waals surface area contributed by atoms with Crippen LogP contribution in [0.3, 0.4) is 0 Å². The van der Waals surface area contributed by atoms with E-state index >= 15 is 0 Å². The molecular formula is C20H22O3W. The molecule has 126 valence electrons. The zero-order valence-corrected chi connectivity index (χ0v) is 17.0. The van der Waals surface area contributed by atoms with Gasteiger partial charge in [0.2, 0.25) is 0 Å². The molecule has 4 heteroatoms. The van der Waals surface area contributed by atoms with Crippen LogP contribution >= 0.6 is 0 Å². The first-order chi connectivity index (χ1) is 11.1. The summed E-state index contributed by atoms with van der Waals surface area (Å²) in [5, 5.41) is 0. The molecule has 0 bridgehead atoms. The molecule has 24 heavy (non-hydrogen) atoms. The number of rotatable bonds is 4. The number of carbonyl (C=O) groups excluding carboxylic acids is 1. The van der Waals surface area contributed by atoms with Crippen LogP contribution in [0.25, 0.3) is 0 Å². The fourth-order valence-corrected chi connectivity index (χ4v) is 3.64. The Bertz CT molecular complexity index is 671. The average Bonchev–Trinajstić information content (AvgIpc) is 3.06. The van der Waals surface area contributed by atoms with E-state index in [-0.39, 0.29) is 32.4 Å². The molecule has 0 heterocycles. The third-order valence-electron chi connectivity index (χ3n) is 4.77. The van der Waals surface area contributed by atoms with E-state index in [2.05, 4.69) is 24.3 Å². The number of ether oxygens (including phenoxy) is 2. The van der Waals surface area contributed by atoms with Crippen molar-refractivity contribution in [3.8, 4) is 11.5 Å². The smallest absolute Gasteiger partial charge is 0.308 e. The maximum Gasteiger partial charge on any atom is 0.308 e. The summed E-state index contributed by atoms with van der Waals surface area (Å²) >= 11 is 0. The van der Waals surface area contributed by atoms with E-state index < -0.39 is 0 Å². The average molecular weight is 494 g/mol. The second-order valence-corrected chi connectivity index (χ2v) is 6.14. The molecule has 0 unspecified atom stereocenters. The first-order valence-electron chi connectivity index (χ1n) is 8.07. The topological polar surface area (TPSA) is 35.5 Å². The zero-order chi connectivity index (χ0) is 16.3. The second kappa shape index (κ2) is 7.98. The van der Waals surface area contributed by atoms with E-state index in [0.29, 0.717) is 5.75 Å². The van der Waals surface area contributed by atoms with Crippen molar-refractivity contribution in [1.82, 2.24) is 0 Å². The molecule has 3 nitrogen and oxygen atoms in total. The third kappa shape index (κ3) is 3.72. The summed E-state index contributed by atoms with van der Waals surface area (Å²) in [4.78, 5) is 11.1. The zero-order valence-electron chi connectivity index (χ0n) is 14.1.